The Hall–Kier alpha value is -4.28. The monoisotopic (exact) mass is 589 g/mol. The molecule has 2 amide bonds. The number of aromatic amines is 1. The lowest BCUT2D eigenvalue weighted by atomic mass is 9.98. The number of hydrogen-bond acceptors (Lipinski definition) is 2. The first-order valence-electron chi connectivity index (χ1n) is 13.3. The molecule has 4 rings (SSSR count). The fraction of sp³-hybridized carbons (Fsp3) is 0.290. The molecular formula is C31H29F6N3O2. The summed E-state index contributed by atoms with van der Waals surface area (Å²) < 4.78 is 80.9. The van der Waals surface area contributed by atoms with Crippen molar-refractivity contribution in [3.05, 3.63) is 101 Å². The van der Waals surface area contributed by atoms with Gasteiger partial charge in [-0.3, -0.25) is 9.59 Å². The van der Waals surface area contributed by atoms with Gasteiger partial charge in [-0.1, -0.05) is 36.4 Å². The van der Waals surface area contributed by atoms with Gasteiger partial charge in [-0.15, -0.1) is 0 Å². The SMILES string of the molecule is CCN(C(=O)CCC(Cc1c[nH]c2ccccc12)N(C)C(=O)c1cc(C(F)(F)F)cc(C(F)(F)F)c1)c1ccccc1. The standard InChI is InChI=1S/C31H29F6N3O2/c1-3-40(24-9-5-4-6-10-24)28(41)14-13-25(17-21-19-38-27-12-8-7-11-26(21)27)39(2)29(42)20-15-22(30(32,33)34)18-23(16-20)31(35,36)37/h4-12,15-16,18-19,25,38H,3,13-14,17H2,1-2H3. The van der Waals surface area contributed by atoms with E-state index in [0.29, 0.717) is 24.4 Å². The first kappa shape index (κ1) is 30.7. The lowest BCUT2D eigenvalue weighted by Crippen LogP contribution is -2.40. The summed E-state index contributed by atoms with van der Waals surface area (Å²) in [7, 11) is 1.33. The molecule has 0 aliphatic heterocycles. The normalized spacial score (nSPS) is 12.8. The highest BCUT2D eigenvalue weighted by atomic mass is 19.4. The third kappa shape index (κ3) is 6.95. The summed E-state index contributed by atoms with van der Waals surface area (Å²) in [5.74, 6) is -1.24. The van der Waals surface area contributed by atoms with Crippen molar-refractivity contribution >= 4 is 28.4 Å². The van der Waals surface area contributed by atoms with Crippen LogP contribution in [0.4, 0.5) is 32.0 Å². The van der Waals surface area contributed by atoms with Crippen molar-refractivity contribution in [3.8, 4) is 0 Å². The second-order valence-corrected chi connectivity index (χ2v) is 9.94. The molecule has 1 atom stereocenters. The summed E-state index contributed by atoms with van der Waals surface area (Å²) in [6, 6.07) is 16.5. The Balaban J connectivity index is 1.66. The molecule has 42 heavy (non-hydrogen) atoms. The average Bonchev–Trinajstić information content (AvgIpc) is 3.37. The number of likely N-dealkylation sites (N-methyl/N-ethyl adjacent to an activating group) is 1. The Bertz CT molecular complexity index is 1510. The van der Waals surface area contributed by atoms with Crippen LogP contribution in [-0.2, 0) is 23.6 Å². The van der Waals surface area contributed by atoms with Gasteiger partial charge in [-0.2, -0.15) is 26.3 Å². The van der Waals surface area contributed by atoms with Gasteiger partial charge < -0.3 is 14.8 Å². The number of hydrogen-bond donors (Lipinski definition) is 1. The van der Waals surface area contributed by atoms with E-state index in [9.17, 15) is 35.9 Å². The molecule has 0 aliphatic rings. The predicted octanol–water partition coefficient (Wildman–Crippen LogP) is 7.72. The number of aromatic nitrogens is 1. The van der Waals surface area contributed by atoms with Crippen molar-refractivity contribution in [1.29, 1.82) is 0 Å². The molecule has 222 valence electrons. The van der Waals surface area contributed by atoms with E-state index in [-0.39, 0.29) is 31.2 Å². The van der Waals surface area contributed by atoms with Crippen molar-refractivity contribution < 1.29 is 35.9 Å². The number of halogens is 6. The lowest BCUT2D eigenvalue weighted by Gasteiger charge is -2.30. The molecule has 11 heteroatoms. The number of amides is 2. The molecule has 0 saturated heterocycles. The Morgan fingerprint density at radius 2 is 1.45 bits per heavy atom. The third-order valence-electron chi connectivity index (χ3n) is 7.21. The van der Waals surface area contributed by atoms with E-state index < -0.39 is 41.0 Å². The molecule has 4 aromatic rings. The number of alkyl halides is 6. The molecular weight excluding hydrogens is 560 g/mol. The van der Waals surface area contributed by atoms with Gasteiger partial charge in [0.15, 0.2) is 0 Å². The fourth-order valence-corrected chi connectivity index (χ4v) is 4.97. The molecule has 0 spiro atoms. The van der Waals surface area contributed by atoms with Gasteiger partial charge in [0.2, 0.25) is 5.91 Å². The minimum atomic E-state index is -5.09. The molecule has 1 heterocycles. The molecule has 3 aromatic carbocycles. The Morgan fingerprint density at radius 3 is 2.05 bits per heavy atom. The number of para-hydroxylation sites is 2. The van der Waals surface area contributed by atoms with E-state index in [1.165, 1.54) is 7.05 Å². The molecule has 5 nitrogen and oxygen atoms in total. The van der Waals surface area contributed by atoms with E-state index >= 15 is 0 Å². The molecule has 0 saturated carbocycles. The van der Waals surface area contributed by atoms with E-state index in [1.807, 2.05) is 37.3 Å². The average molecular weight is 590 g/mol. The molecule has 0 bridgehead atoms. The second-order valence-electron chi connectivity index (χ2n) is 9.94. The fourth-order valence-electron chi connectivity index (χ4n) is 4.97. The number of nitrogens with one attached hydrogen (secondary N) is 1. The zero-order chi connectivity index (χ0) is 30.7. The van der Waals surface area contributed by atoms with Crippen molar-refractivity contribution in [1.82, 2.24) is 9.88 Å². The highest BCUT2D eigenvalue weighted by molar-refractivity contribution is 5.95. The summed E-state index contributed by atoms with van der Waals surface area (Å²) in [6.45, 7) is 2.20. The number of rotatable bonds is 9. The molecule has 1 aromatic heterocycles. The number of carbonyl (C=O) groups excluding carboxylic acids is 2. The van der Waals surface area contributed by atoms with E-state index in [0.717, 1.165) is 21.4 Å². The van der Waals surface area contributed by atoms with Gasteiger partial charge >= 0.3 is 12.4 Å². The van der Waals surface area contributed by atoms with Crippen LogP contribution in [0.25, 0.3) is 10.9 Å². The highest BCUT2D eigenvalue weighted by Crippen LogP contribution is 2.37. The number of carbonyl (C=O) groups is 2. The number of anilines is 1. The van der Waals surface area contributed by atoms with E-state index in [4.69, 9.17) is 0 Å². The Kier molecular flexibility index (Phi) is 8.98. The van der Waals surface area contributed by atoms with Crippen LogP contribution in [0.5, 0.6) is 0 Å². The number of nitrogens with zero attached hydrogens (tertiary/aromatic N) is 2. The van der Waals surface area contributed by atoms with Crippen molar-refractivity contribution in [2.45, 2.75) is 44.6 Å². The maximum absolute atomic E-state index is 13.5. The lowest BCUT2D eigenvalue weighted by molar-refractivity contribution is -0.143. The summed E-state index contributed by atoms with van der Waals surface area (Å²) in [4.78, 5) is 32.5. The van der Waals surface area contributed by atoms with Crippen molar-refractivity contribution in [2.24, 2.45) is 0 Å². The second kappa shape index (κ2) is 12.3. The zero-order valence-electron chi connectivity index (χ0n) is 22.9. The van der Waals surface area contributed by atoms with Gasteiger partial charge in [0, 0.05) is 54.4 Å². The molecule has 0 radical (unpaired) electrons. The molecule has 1 N–H and O–H groups in total. The van der Waals surface area contributed by atoms with Crippen LogP contribution in [0.3, 0.4) is 0 Å². The van der Waals surface area contributed by atoms with Crippen molar-refractivity contribution in [3.63, 3.8) is 0 Å². The maximum atomic E-state index is 13.5. The number of benzene rings is 3. The van der Waals surface area contributed by atoms with Crippen LogP contribution in [0.15, 0.2) is 79.0 Å². The molecule has 1 unspecified atom stereocenters. The van der Waals surface area contributed by atoms with Gasteiger partial charge in [0.1, 0.15) is 0 Å². The molecule has 0 aliphatic carbocycles. The van der Waals surface area contributed by atoms with Crippen LogP contribution in [0, 0.1) is 0 Å². The Labute approximate surface area is 238 Å². The van der Waals surface area contributed by atoms with Crippen LogP contribution in [0.2, 0.25) is 0 Å². The van der Waals surface area contributed by atoms with E-state index in [1.54, 1.807) is 35.4 Å². The zero-order valence-corrected chi connectivity index (χ0v) is 22.9. The topological polar surface area (TPSA) is 56.4 Å². The quantitative estimate of drug-likeness (QED) is 0.203. The summed E-state index contributed by atoms with van der Waals surface area (Å²) in [5.41, 5.74) is -1.58. The third-order valence-corrected chi connectivity index (χ3v) is 7.21. The maximum Gasteiger partial charge on any atom is 0.416 e. The first-order valence-corrected chi connectivity index (χ1v) is 13.3. The van der Waals surface area contributed by atoms with Gasteiger partial charge in [0.25, 0.3) is 5.91 Å². The number of fused-ring (bicyclic) bond motifs is 1. The van der Waals surface area contributed by atoms with Gasteiger partial charge in [-0.05, 0) is 61.7 Å². The predicted molar refractivity (Wildman–Crippen MR) is 148 cm³/mol. The summed E-state index contributed by atoms with van der Waals surface area (Å²) >= 11 is 0. The van der Waals surface area contributed by atoms with Crippen LogP contribution >= 0.6 is 0 Å². The smallest absolute Gasteiger partial charge is 0.361 e. The van der Waals surface area contributed by atoms with Crippen LogP contribution in [-0.4, -0.2) is 41.3 Å². The van der Waals surface area contributed by atoms with Crippen LogP contribution in [0.1, 0.15) is 46.8 Å². The largest absolute Gasteiger partial charge is 0.416 e. The summed E-state index contributed by atoms with van der Waals surface area (Å²) in [5, 5.41) is 0.854. The highest BCUT2D eigenvalue weighted by Gasteiger charge is 2.38. The van der Waals surface area contributed by atoms with Gasteiger partial charge in [-0.25, -0.2) is 0 Å². The minimum Gasteiger partial charge on any atom is -0.361 e. The Morgan fingerprint density at radius 1 is 0.857 bits per heavy atom. The van der Waals surface area contributed by atoms with Crippen molar-refractivity contribution in [2.75, 3.05) is 18.5 Å². The first-order chi connectivity index (χ1) is 19.8. The minimum absolute atomic E-state index is 0.0102. The van der Waals surface area contributed by atoms with Gasteiger partial charge in [0.05, 0.1) is 11.1 Å². The van der Waals surface area contributed by atoms with E-state index in [2.05, 4.69) is 4.98 Å². The van der Waals surface area contributed by atoms with Crippen LogP contribution < -0.4 is 4.90 Å². The number of H-pyrrole nitrogens is 1. The molecule has 0 fully saturated rings. The summed E-state index contributed by atoms with van der Waals surface area (Å²) in [6.07, 6.45) is -8.12.